The summed E-state index contributed by atoms with van der Waals surface area (Å²) in [4.78, 5) is 0. The lowest BCUT2D eigenvalue weighted by Crippen LogP contribution is -2.17. The summed E-state index contributed by atoms with van der Waals surface area (Å²) in [6, 6.07) is 7.38. The van der Waals surface area contributed by atoms with E-state index in [4.69, 9.17) is 4.42 Å². The molecule has 0 aliphatic rings. The molecule has 1 N–H and O–H groups in total. The van der Waals surface area contributed by atoms with E-state index >= 15 is 0 Å². The van der Waals surface area contributed by atoms with E-state index in [9.17, 15) is 13.2 Å². The Morgan fingerprint density at radius 2 is 1.84 bits per heavy atom. The number of alkyl halides is 3. The standard InChI is InChI=1S/C13H12F3NO2/c1-9-6-7-18-12(9)8-17-10-2-4-11(5-3-10)19-13(14,15)16/h2-7,17H,8H2,1H3. The number of rotatable bonds is 4. The molecule has 0 saturated carbocycles. The van der Waals surface area contributed by atoms with Crippen LogP contribution in [-0.4, -0.2) is 6.36 Å². The molecule has 1 aromatic heterocycles. The van der Waals surface area contributed by atoms with Crippen LogP contribution in [-0.2, 0) is 6.54 Å². The molecule has 0 unspecified atom stereocenters. The van der Waals surface area contributed by atoms with E-state index in [1.807, 2.05) is 13.0 Å². The zero-order valence-corrected chi connectivity index (χ0v) is 10.1. The van der Waals surface area contributed by atoms with Gasteiger partial charge in [-0.05, 0) is 42.8 Å². The minimum atomic E-state index is -4.67. The Kier molecular flexibility index (Phi) is 3.69. The van der Waals surface area contributed by atoms with Crippen molar-refractivity contribution in [3.63, 3.8) is 0 Å². The van der Waals surface area contributed by atoms with Crippen LogP contribution in [0.4, 0.5) is 18.9 Å². The van der Waals surface area contributed by atoms with Gasteiger partial charge in [0, 0.05) is 5.69 Å². The molecule has 2 aromatic rings. The molecule has 0 fully saturated rings. The molecule has 102 valence electrons. The van der Waals surface area contributed by atoms with Crippen molar-refractivity contribution < 1.29 is 22.3 Å². The molecule has 0 atom stereocenters. The fourth-order valence-corrected chi connectivity index (χ4v) is 1.54. The Bertz CT molecular complexity index is 532. The van der Waals surface area contributed by atoms with Crippen molar-refractivity contribution in [1.29, 1.82) is 0 Å². The van der Waals surface area contributed by atoms with Gasteiger partial charge in [-0.1, -0.05) is 0 Å². The lowest BCUT2D eigenvalue weighted by atomic mass is 10.2. The smallest absolute Gasteiger partial charge is 0.467 e. The van der Waals surface area contributed by atoms with Crippen molar-refractivity contribution in [3.8, 4) is 5.75 Å². The third-order valence-electron chi connectivity index (χ3n) is 2.51. The fraction of sp³-hybridized carbons (Fsp3) is 0.231. The SMILES string of the molecule is Cc1ccoc1CNc1ccc(OC(F)(F)F)cc1. The van der Waals surface area contributed by atoms with Gasteiger partial charge in [0.15, 0.2) is 0 Å². The Hall–Kier alpha value is -2.11. The molecule has 6 heteroatoms. The molecule has 0 bridgehead atoms. The highest BCUT2D eigenvalue weighted by Gasteiger charge is 2.30. The first-order chi connectivity index (χ1) is 8.94. The van der Waals surface area contributed by atoms with Gasteiger partial charge in [-0.15, -0.1) is 13.2 Å². The summed E-state index contributed by atoms with van der Waals surface area (Å²) < 4.78 is 44.9. The van der Waals surface area contributed by atoms with E-state index in [1.54, 1.807) is 6.26 Å². The van der Waals surface area contributed by atoms with Gasteiger partial charge in [-0.2, -0.15) is 0 Å². The van der Waals surface area contributed by atoms with Crippen molar-refractivity contribution >= 4 is 5.69 Å². The number of aryl methyl sites for hydroxylation is 1. The van der Waals surface area contributed by atoms with Crippen LogP contribution in [0.5, 0.6) is 5.75 Å². The third-order valence-corrected chi connectivity index (χ3v) is 2.51. The second-order valence-corrected chi connectivity index (χ2v) is 3.95. The minimum absolute atomic E-state index is 0.243. The van der Waals surface area contributed by atoms with Crippen molar-refractivity contribution in [2.75, 3.05) is 5.32 Å². The number of benzene rings is 1. The number of halogens is 3. The first-order valence-electron chi connectivity index (χ1n) is 5.57. The van der Waals surface area contributed by atoms with Crippen LogP contribution < -0.4 is 10.1 Å². The first-order valence-corrected chi connectivity index (χ1v) is 5.57. The first kappa shape index (κ1) is 13.3. The zero-order valence-electron chi connectivity index (χ0n) is 10.1. The van der Waals surface area contributed by atoms with Crippen LogP contribution in [0.2, 0.25) is 0 Å². The van der Waals surface area contributed by atoms with Gasteiger partial charge in [0.05, 0.1) is 12.8 Å². The Morgan fingerprint density at radius 1 is 1.16 bits per heavy atom. The predicted octanol–water partition coefficient (Wildman–Crippen LogP) is 4.10. The number of anilines is 1. The van der Waals surface area contributed by atoms with Gasteiger partial charge < -0.3 is 14.5 Å². The summed E-state index contributed by atoms with van der Waals surface area (Å²) in [5, 5.41) is 3.05. The second kappa shape index (κ2) is 5.26. The summed E-state index contributed by atoms with van der Waals surface area (Å²) >= 11 is 0. The topological polar surface area (TPSA) is 34.4 Å². The molecule has 1 aromatic carbocycles. The van der Waals surface area contributed by atoms with Gasteiger partial charge in [-0.3, -0.25) is 0 Å². The highest BCUT2D eigenvalue weighted by molar-refractivity contribution is 5.46. The van der Waals surface area contributed by atoms with E-state index in [-0.39, 0.29) is 5.75 Å². The quantitative estimate of drug-likeness (QED) is 0.909. The van der Waals surface area contributed by atoms with Crippen LogP contribution in [0.25, 0.3) is 0 Å². The molecular weight excluding hydrogens is 259 g/mol. The normalized spacial score (nSPS) is 11.4. The molecule has 0 aliphatic carbocycles. The number of ether oxygens (including phenoxy) is 1. The van der Waals surface area contributed by atoms with E-state index in [2.05, 4.69) is 10.1 Å². The average molecular weight is 271 g/mol. The van der Waals surface area contributed by atoms with E-state index in [0.717, 1.165) is 11.3 Å². The van der Waals surface area contributed by atoms with Gasteiger partial charge >= 0.3 is 6.36 Å². The minimum Gasteiger partial charge on any atom is -0.467 e. The lowest BCUT2D eigenvalue weighted by molar-refractivity contribution is -0.274. The summed E-state index contributed by atoms with van der Waals surface area (Å²) in [7, 11) is 0. The summed E-state index contributed by atoms with van der Waals surface area (Å²) in [5.74, 6) is 0.544. The number of hydrogen-bond acceptors (Lipinski definition) is 3. The van der Waals surface area contributed by atoms with Gasteiger partial charge in [0.25, 0.3) is 0 Å². The molecule has 19 heavy (non-hydrogen) atoms. The van der Waals surface area contributed by atoms with Gasteiger partial charge in [0.2, 0.25) is 0 Å². The number of hydrogen-bond donors (Lipinski definition) is 1. The molecule has 0 saturated heterocycles. The van der Waals surface area contributed by atoms with Crippen molar-refractivity contribution in [3.05, 3.63) is 47.9 Å². The van der Waals surface area contributed by atoms with Crippen molar-refractivity contribution in [1.82, 2.24) is 0 Å². The molecule has 0 radical (unpaired) electrons. The summed E-state index contributed by atoms with van der Waals surface area (Å²) in [6.45, 7) is 2.39. The number of nitrogens with one attached hydrogen (secondary N) is 1. The monoisotopic (exact) mass is 271 g/mol. The Labute approximate surface area is 108 Å². The van der Waals surface area contributed by atoms with Gasteiger partial charge in [0.1, 0.15) is 11.5 Å². The van der Waals surface area contributed by atoms with E-state index in [1.165, 1.54) is 24.3 Å². The summed E-state index contributed by atoms with van der Waals surface area (Å²) in [5.41, 5.74) is 1.70. The summed E-state index contributed by atoms with van der Waals surface area (Å²) in [6.07, 6.45) is -3.08. The maximum atomic E-state index is 12.0. The molecule has 3 nitrogen and oxygen atoms in total. The molecule has 0 aliphatic heterocycles. The van der Waals surface area contributed by atoms with Crippen molar-refractivity contribution in [2.45, 2.75) is 19.8 Å². The van der Waals surface area contributed by atoms with Crippen LogP contribution in [0, 0.1) is 6.92 Å². The maximum absolute atomic E-state index is 12.0. The Balaban J connectivity index is 1.94. The average Bonchev–Trinajstić information content (AvgIpc) is 2.72. The van der Waals surface area contributed by atoms with Crippen molar-refractivity contribution in [2.24, 2.45) is 0 Å². The molecular formula is C13H12F3NO2. The van der Waals surface area contributed by atoms with Gasteiger partial charge in [-0.25, -0.2) is 0 Å². The van der Waals surface area contributed by atoms with Crippen LogP contribution in [0.1, 0.15) is 11.3 Å². The third kappa shape index (κ3) is 3.94. The highest BCUT2D eigenvalue weighted by Crippen LogP contribution is 2.24. The predicted molar refractivity (Wildman–Crippen MR) is 63.9 cm³/mol. The molecule has 1 heterocycles. The van der Waals surface area contributed by atoms with E-state index < -0.39 is 6.36 Å². The zero-order chi connectivity index (χ0) is 13.9. The number of furan rings is 1. The Morgan fingerprint density at radius 3 is 2.37 bits per heavy atom. The van der Waals surface area contributed by atoms with Crippen LogP contribution >= 0.6 is 0 Å². The van der Waals surface area contributed by atoms with Crippen LogP contribution in [0.3, 0.4) is 0 Å². The van der Waals surface area contributed by atoms with Crippen LogP contribution in [0.15, 0.2) is 41.0 Å². The van der Waals surface area contributed by atoms with E-state index in [0.29, 0.717) is 12.2 Å². The second-order valence-electron chi connectivity index (χ2n) is 3.95. The molecule has 2 rings (SSSR count). The molecule has 0 amide bonds. The molecule has 0 spiro atoms. The lowest BCUT2D eigenvalue weighted by Gasteiger charge is -2.10. The fourth-order valence-electron chi connectivity index (χ4n) is 1.54. The largest absolute Gasteiger partial charge is 0.573 e. The maximum Gasteiger partial charge on any atom is 0.573 e. The highest BCUT2D eigenvalue weighted by atomic mass is 19.4.